The van der Waals surface area contributed by atoms with E-state index in [-0.39, 0.29) is 19.2 Å². The van der Waals surface area contributed by atoms with Crippen LogP contribution in [0.1, 0.15) is 5.56 Å². The number of nitrogens with zero attached hydrogens (tertiary/aromatic N) is 2. The van der Waals surface area contributed by atoms with E-state index in [1.54, 1.807) is 13.3 Å². The Morgan fingerprint density at radius 3 is 2.80 bits per heavy atom. The molecule has 2 aromatic carbocycles. The SMILES string of the molecule is COc1ccc2ncc(C#N)c(Nc3ccc4c(c3)OCO4)c2c1.Cl. The van der Waals surface area contributed by atoms with E-state index in [1.165, 1.54) is 0 Å². The van der Waals surface area contributed by atoms with Gasteiger partial charge in [-0.25, -0.2) is 0 Å². The number of hydrogen-bond donors (Lipinski definition) is 1. The monoisotopic (exact) mass is 355 g/mol. The fraction of sp³-hybridized carbons (Fsp3) is 0.111. The van der Waals surface area contributed by atoms with Crippen molar-refractivity contribution in [2.45, 2.75) is 0 Å². The van der Waals surface area contributed by atoms with E-state index < -0.39 is 0 Å². The number of aromatic nitrogens is 1. The molecule has 0 aliphatic carbocycles. The van der Waals surface area contributed by atoms with E-state index in [4.69, 9.17) is 14.2 Å². The number of methoxy groups -OCH3 is 1. The molecule has 0 bridgehead atoms. The highest BCUT2D eigenvalue weighted by atomic mass is 35.5. The van der Waals surface area contributed by atoms with E-state index in [0.717, 1.165) is 16.6 Å². The lowest BCUT2D eigenvalue weighted by molar-refractivity contribution is 0.174. The Balaban J connectivity index is 0.00000182. The average Bonchev–Trinajstić information content (AvgIpc) is 3.09. The number of halogens is 1. The number of anilines is 2. The summed E-state index contributed by atoms with van der Waals surface area (Å²) in [5.74, 6) is 2.09. The summed E-state index contributed by atoms with van der Waals surface area (Å²) >= 11 is 0. The van der Waals surface area contributed by atoms with Gasteiger partial charge < -0.3 is 19.5 Å². The van der Waals surface area contributed by atoms with Gasteiger partial charge >= 0.3 is 0 Å². The minimum absolute atomic E-state index is 0. The summed E-state index contributed by atoms with van der Waals surface area (Å²) in [7, 11) is 1.60. The molecule has 1 aromatic heterocycles. The van der Waals surface area contributed by atoms with Crippen LogP contribution in [0.2, 0.25) is 0 Å². The van der Waals surface area contributed by atoms with Gasteiger partial charge in [-0.05, 0) is 30.3 Å². The van der Waals surface area contributed by atoms with Gasteiger partial charge in [-0.2, -0.15) is 5.26 Å². The van der Waals surface area contributed by atoms with Crippen LogP contribution in [0, 0.1) is 11.3 Å². The Kier molecular flexibility index (Phi) is 4.50. The summed E-state index contributed by atoms with van der Waals surface area (Å²) in [6, 6.07) is 13.3. The second-order valence-electron chi connectivity index (χ2n) is 5.23. The fourth-order valence-corrected chi connectivity index (χ4v) is 2.64. The van der Waals surface area contributed by atoms with Crippen molar-refractivity contribution >= 4 is 34.7 Å². The molecule has 1 aliphatic rings. The van der Waals surface area contributed by atoms with Gasteiger partial charge in [0, 0.05) is 23.3 Å². The zero-order valence-electron chi connectivity index (χ0n) is 13.3. The molecule has 7 heteroatoms. The molecule has 1 aliphatic heterocycles. The zero-order valence-corrected chi connectivity index (χ0v) is 14.1. The summed E-state index contributed by atoms with van der Waals surface area (Å²) in [6.07, 6.45) is 1.56. The van der Waals surface area contributed by atoms with Crippen LogP contribution in [0.15, 0.2) is 42.6 Å². The summed E-state index contributed by atoms with van der Waals surface area (Å²) in [4.78, 5) is 4.32. The van der Waals surface area contributed by atoms with Crippen molar-refractivity contribution in [3.05, 3.63) is 48.2 Å². The maximum atomic E-state index is 9.43. The number of fused-ring (bicyclic) bond motifs is 2. The van der Waals surface area contributed by atoms with Crippen molar-refractivity contribution in [1.29, 1.82) is 5.26 Å². The number of hydrogen-bond acceptors (Lipinski definition) is 6. The van der Waals surface area contributed by atoms with Crippen molar-refractivity contribution in [2.24, 2.45) is 0 Å². The molecule has 0 radical (unpaired) electrons. The quantitative estimate of drug-likeness (QED) is 0.765. The Hall–Kier alpha value is -3.17. The molecule has 0 saturated heterocycles. The van der Waals surface area contributed by atoms with Gasteiger partial charge in [-0.15, -0.1) is 12.4 Å². The largest absolute Gasteiger partial charge is 0.497 e. The summed E-state index contributed by atoms with van der Waals surface area (Å²) in [5, 5.41) is 13.5. The minimum Gasteiger partial charge on any atom is -0.497 e. The number of pyridine rings is 1. The van der Waals surface area contributed by atoms with E-state index >= 15 is 0 Å². The summed E-state index contributed by atoms with van der Waals surface area (Å²) in [5.41, 5.74) is 2.71. The Morgan fingerprint density at radius 2 is 2.00 bits per heavy atom. The minimum atomic E-state index is 0. The highest BCUT2D eigenvalue weighted by Gasteiger charge is 2.15. The molecule has 1 N–H and O–H groups in total. The van der Waals surface area contributed by atoms with Gasteiger partial charge in [-0.1, -0.05) is 0 Å². The van der Waals surface area contributed by atoms with Gasteiger partial charge in [0.2, 0.25) is 6.79 Å². The number of rotatable bonds is 3. The summed E-state index contributed by atoms with van der Waals surface area (Å²) < 4.78 is 16.0. The van der Waals surface area contributed by atoms with E-state index in [9.17, 15) is 5.26 Å². The van der Waals surface area contributed by atoms with Gasteiger partial charge in [0.25, 0.3) is 0 Å². The van der Waals surface area contributed by atoms with Gasteiger partial charge in [0.1, 0.15) is 11.8 Å². The van der Waals surface area contributed by atoms with Crippen LogP contribution >= 0.6 is 12.4 Å². The molecule has 6 nitrogen and oxygen atoms in total. The molecular formula is C18H14ClN3O3. The first-order valence-corrected chi connectivity index (χ1v) is 7.32. The number of nitrogens with one attached hydrogen (secondary N) is 1. The third-order valence-corrected chi connectivity index (χ3v) is 3.84. The molecular weight excluding hydrogens is 342 g/mol. The van der Waals surface area contributed by atoms with E-state index in [0.29, 0.717) is 28.5 Å². The molecule has 0 fully saturated rings. The van der Waals surface area contributed by atoms with Gasteiger partial charge in [0.05, 0.1) is 23.9 Å². The first-order valence-electron chi connectivity index (χ1n) is 7.32. The first kappa shape index (κ1) is 16.7. The maximum Gasteiger partial charge on any atom is 0.231 e. The normalized spacial score (nSPS) is 11.5. The Bertz CT molecular complexity index is 985. The second kappa shape index (κ2) is 6.75. The van der Waals surface area contributed by atoms with Crippen LogP contribution < -0.4 is 19.5 Å². The van der Waals surface area contributed by atoms with Crippen LogP contribution in [0.4, 0.5) is 11.4 Å². The van der Waals surface area contributed by atoms with Crippen LogP contribution in [-0.2, 0) is 0 Å². The third kappa shape index (κ3) is 2.97. The lowest BCUT2D eigenvalue weighted by Crippen LogP contribution is -1.97. The van der Waals surface area contributed by atoms with Crippen LogP contribution in [0.5, 0.6) is 17.2 Å². The van der Waals surface area contributed by atoms with Crippen LogP contribution in [-0.4, -0.2) is 18.9 Å². The Morgan fingerprint density at radius 1 is 1.16 bits per heavy atom. The lowest BCUT2D eigenvalue weighted by atomic mass is 10.1. The smallest absolute Gasteiger partial charge is 0.231 e. The van der Waals surface area contributed by atoms with Crippen molar-refractivity contribution in [3.63, 3.8) is 0 Å². The molecule has 2 heterocycles. The molecule has 0 amide bonds. The van der Waals surface area contributed by atoms with Crippen LogP contribution in [0.25, 0.3) is 10.9 Å². The Labute approximate surface area is 150 Å². The third-order valence-electron chi connectivity index (χ3n) is 3.84. The molecule has 126 valence electrons. The van der Waals surface area contributed by atoms with E-state index in [1.807, 2.05) is 36.4 Å². The lowest BCUT2D eigenvalue weighted by Gasteiger charge is -2.12. The van der Waals surface area contributed by atoms with Crippen molar-refractivity contribution in [2.75, 3.05) is 19.2 Å². The highest BCUT2D eigenvalue weighted by Crippen LogP contribution is 2.37. The van der Waals surface area contributed by atoms with Gasteiger partial charge in [-0.3, -0.25) is 4.98 Å². The molecule has 25 heavy (non-hydrogen) atoms. The zero-order chi connectivity index (χ0) is 16.5. The van der Waals surface area contributed by atoms with Crippen LogP contribution in [0.3, 0.4) is 0 Å². The second-order valence-corrected chi connectivity index (χ2v) is 5.23. The molecule has 4 rings (SSSR count). The first-order chi connectivity index (χ1) is 11.8. The van der Waals surface area contributed by atoms with Crippen molar-refractivity contribution in [1.82, 2.24) is 4.98 Å². The maximum absolute atomic E-state index is 9.43. The highest BCUT2D eigenvalue weighted by molar-refractivity contribution is 5.96. The number of nitriles is 1. The standard InChI is InChI=1S/C18H13N3O3.ClH/c1-22-13-3-4-15-14(7-13)18(11(8-19)9-20-15)21-12-2-5-16-17(6-12)24-10-23-16;/h2-7,9H,10H2,1H3,(H,20,21);1H. The van der Waals surface area contributed by atoms with Crippen molar-refractivity contribution in [3.8, 4) is 23.3 Å². The molecule has 0 saturated carbocycles. The fourth-order valence-electron chi connectivity index (χ4n) is 2.64. The van der Waals surface area contributed by atoms with Gasteiger partial charge in [0.15, 0.2) is 11.5 Å². The molecule has 0 spiro atoms. The predicted molar refractivity (Wildman–Crippen MR) is 96.1 cm³/mol. The number of ether oxygens (including phenoxy) is 3. The molecule has 0 unspecified atom stereocenters. The topological polar surface area (TPSA) is 76.4 Å². The molecule has 3 aromatic rings. The molecule has 0 atom stereocenters. The average molecular weight is 356 g/mol. The summed E-state index contributed by atoms with van der Waals surface area (Å²) in [6.45, 7) is 0.220. The van der Waals surface area contributed by atoms with Crippen molar-refractivity contribution < 1.29 is 14.2 Å². The predicted octanol–water partition coefficient (Wildman–Crippen LogP) is 4.01. The van der Waals surface area contributed by atoms with E-state index in [2.05, 4.69) is 16.4 Å². The number of benzene rings is 2.